The lowest BCUT2D eigenvalue weighted by atomic mass is 9.96. The van der Waals surface area contributed by atoms with Crippen LogP contribution in [-0.4, -0.2) is 0 Å². The molecule has 0 spiro atoms. The quantitative estimate of drug-likeness (QED) is 0.184. The second-order valence-corrected chi connectivity index (χ2v) is 8.32. The first-order valence-corrected chi connectivity index (χ1v) is 10.5. The largest absolute Gasteiger partial charge is 0.0654 e. The van der Waals surface area contributed by atoms with Crippen LogP contribution in [0, 0.1) is 0 Å². The third-order valence-corrected chi connectivity index (χ3v) is 7.17. The average Bonchev–Trinajstić information content (AvgIpc) is 2.62. The molecule has 0 saturated carbocycles. The van der Waals surface area contributed by atoms with E-state index < -0.39 is 0 Å². The predicted molar refractivity (Wildman–Crippen MR) is 120 cm³/mol. The molecule has 0 aliphatic rings. The Hall–Kier alpha value is -0.870. The van der Waals surface area contributed by atoms with Gasteiger partial charge in [0.2, 0.25) is 0 Å². The number of allylic oxidation sites excluding steroid dienone is 1. The number of halogens is 2. The second kappa shape index (κ2) is 8.48. The van der Waals surface area contributed by atoms with E-state index in [1.54, 1.807) is 0 Å². The van der Waals surface area contributed by atoms with Crippen molar-refractivity contribution in [2.75, 3.05) is 0 Å². The van der Waals surface area contributed by atoms with Crippen molar-refractivity contribution in [2.45, 2.75) is 39.0 Å². The van der Waals surface area contributed by atoms with Gasteiger partial charge in [-0.2, -0.15) is 0 Å². The van der Waals surface area contributed by atoms with Crippen molar-refractivity contribution in [3.8, 4) is 0 Å². The Balaban J connectivity index is 2.11. The highest BCUT2D eigenvalue weighted by Crippen LogP contribution is 2.40. The van der Waals surface area contributed by atoms with E-state index in [2.05, 4.69) is 100 Å². The molecule has 3 aromatic rings. The maximum absolute atomic E-state index is 3.93. The summed E-state index contributed by atoms with van der Waals surface area (Å²) in [7, 11) is 0. The van der Waals surface area contributed by atoms with Crippen LogP contribution in [0.2, 0.25) is 0 Å². The Kier molecular flexibility index (Phi) is 6.34. The molecular formula is C22H22BrI. The van der Waals surface area contributed by atoms with E-state index in [-0.39, 0.29) is 0 Å². The topological polar surface area (TPSA) is 0 Å². The van der Waals surface area contributed by atoms with Gasteiger partial charge in [-0.15, -0.1) is 0 Å². The van der Waals surface area contributed by atoms with E-state index in [0.29, 0.717) is 0 Å². The Bertz CT molecular complexity index is 825. The van der Waals surface area contributed by atoms with E-state index in [4.69, 9.17) is 0 Å². The maximum atomic E-state index is 3.93. The van der Waals surface area contributed by atoms with E-state index in [1.807, 2.05) is 0 Å². The molecule has 0 aliphatic carbocycles. The first kappa shape index (κ1) is 17.9. The fourth-order valence-electron chi connectivity index (χ4n) is 3.20. The molecule has 3 aromatic carbocycles. The van der Waals surface area contributed by atoms with Gasteiger partial charge < -0.3 is 0 Å². The molecule has 0 atom stereocenters. The molecule has 2 heteroatoms. The molecule has 0 unspecified atom stereocenters. The number of benzene rings is 3. The summed E-state index contributed by atoms with van der Waals surface area (Å²) in [5.41, 5.74) is 1.34. The SMILES string of the molecule is CCCCCC/C(I)=C(\Br)c1c2ccccc2cc2ccccc12. The first-order valence-electron chi connectivity index (χ1n) is 8.67. The molecule has 0 aliphatic heterocycles. The van der Waals surface area contributed by atoms with E-state index in [1.165, 1.54) is 60.9 Å². The normalized spacial score (nSPS) is 12.6. The molecule has 0 saturated heterocycles. The monoisotopic (exact) mass is 492 g/mol. The van der Waals surface area contributed by atoms with Gasteiger partial charge in [0, 0.05) is 13.6 Å². The van der Waals surface area contributed by atoms with Gasteiger partial charge in [0.25, 0.3) is 0 Å². The lowest BCUT2D eigenvalue weighted by Crippen LogP contribution is -1.88. The molecule has 0 bridgehead atoms. The molecule has 3 rings (SSSR count). The summed E-state index contributed by atoms with van der Waals surface area (Å²) < 4.78 is 2.68. The van der Waals surface area contributed by atoms with Gasteiger partial charge in [-0.1, -0.05) is 74.7 Å². The lowest BCUT2D eigenvalue weighted by Gasteiger charge is -2.13. The summed E-state index contributed by atoms with van der Waals surface area (Å²) in [4.78, 5) is 0. The molecular weight excluding hydrogens is 471 g/mol. The third kappa shape index (κ3) is 3.85. The Morgan fingerprint density at radius 2 is 1.46 bits per heavy atom. The molecule has 0 fully saturated rings. The van der Waals surface area contributed by atoms with Crippen molar-refractivity contribution in [3.05, 3.63) is 63.7 Å². The Morgan fingerprint density at radius 3 is 2.04 bits per heavy atom. The van der Waals surface area contributed by atoms with Gasteiger partial charge in [-0.25, -0.2) is 0 Å². The Labute approximate surface area is 166 Å². The van der Waals surface area contributed by atoms with Gasteiger partial charge in [0.15, 0.2) is 0 Å². The minimum atomic E-state index is 1.15. The predicted octanol–water partition coefficient (Wildman–Crippen LogP) is 8.46. The standard InChI is InChI=1S/C22H22BrI/c1-2-3-4-5-14-20(24)22(23)21-18-12-8-6-10-16(18)15-17-11-7-9-13-19(17)21/h6-13,15H,2-5,14H2,1H3/b22-20+. The van der Waals surface area contributed by atoms with Gasteiger partial charge in [-0.05, 0) is 79.0 Å². The van der Waals surface area contributed by atoms with Crippen molar-refractivity contribution >= 4 is 64.5 Å². The molecule has 0 N–H and O–H groups in total. The zero-order valence-corrected chi connectivity index (χ0v) is 17.7. The zero-order chi connectivity index (χ0) is 16.9. The fourth-order valence-corrected chi connectivity index (χ4v) is 4.48. The van der Waals surface area contributed by atoms with E-state index in [9.17, 15) is 0 Å². The second-order valence-electron chi connectivity index (χ2n) is 6.22. The summed E-state index contributed by atoms with van der Waals surface area (Å²) in [5, 5.41) is 5.26. The summed E-state index contributed by atoms with van der Waals surface area (Å²) in [6.07, 6.45) is 6.36. The average molecular weight is 493 g/mol. The molecule has 0 nitrogen and oxygen atoms in total. The summed E-state index contributed by atoms with van der Waals surface area (Å²) >= 11 is 6.46. The van der Waals surface area contributed by atoms with Crippen molar-refractivity contribution in [1.29, 1.82) is 0 Å². The van der Waals surface area contributed by atoms with Gasteiger partial charge in [0.1, 0.15) is 0 Å². The molecule has 0 heterocycles. The van der Waals surface area contributed by atoms with Gasteiger partial charge in [0.05, 0.1) is 0 Å². The number of fused-ring (bicyclic) bond motifs is 2. The van der Waals surface area contributed by atoms with Crippen molar-refractivity contribution in [3.63, 3.8) is 0 Å². The molecule has 0 aromatic heterocycles. The van der Waals surface area contributed by atoms with Crippen LogP contribution in [0.3, 0.4) is 0 Å². The van der Waals surface area contributed by atoms with E-state index in [0.717, 1.165) is 6.42 Å². The summed E-state index contributed by atoms with van der Waals surface area (Å²) in [6, 6.07) is 19.7. The molecule has 124 valence electrons. The van der Waals surface area contributed by atoms with Gasteiger partial charge >= 0.3 is 0 Å². The van der Waals surface area contributed by atoms with Crippen molar-refractivity contribution < 1.29 is 0 Å². The zero-order valence-electron chi connectivity index (χ0n) is 14.0. The van der Waals surface area contributed by atoms with Crippen LogP contribution in [0.25, 0.3) is 26.0 Å². The highest BCUT2D eigenvalue weighted by molar-refractivity contribution is 14.1. The smallest absolute Gasteiger partial charge is 0.0352 e. The molecule has 0 amide bonds. The number of unbranched alkanes of at least 4 members (excludes halogenated alkanes) is 3. The van der Waals surface area contributed by atoms with Crippen LogP contribution < -0.4 is 0 Å². The molecule has 24 heavy (non-hydrogen) atoms. The third-order valence-electron chi connectivity index (χ3n) is 4.48. The van der Waals surface area contributed by atoms with Crippen LogP contribution in [0.15, 0.2) is 58.2 Å². The van der Waals surface area contributed by atoms with E-state index >= 15 is 0 Å². The summed E-state index contributed by atoms with van der Waals surface area (Å²) in [6.45, 7) is 2.26. The maximum Gasteiger partial charge on any atom is 0.0352 e. The minimum Gasteiger partial charge on any atom is -0.0654 e. The van der Waals surface area contributed by atoms with Crippen LogP contribution in [-0.2, 0) is 0 Å². The Morgan fingerprint density at radius 1 is 0.875 bits per heavy atom. The number of hydrogen-bond acceptors (Lipinski definition) is 0. The summed E-state index contributed by atoms with van der Waals surface area (Å²) in [5.74, 6) is 0. The van der Waals surface area contributed by atoms with Crippen molar-refractivity contribution in [1.82, 2.24) is 0 Å². The van der Waals surface area contributed by atoms with Crippen molar-refractivity contribution in [2.24, 2.45) is 0 Å². The van der Waals surface area contributed by atoms with Crippen LogP contribution >= 0.6 is 38.5 Å². The highest BCUT2D eigenvalue weighted by Gasteiger charge is 2.12. The molecule has 0 radical (unpaired) electrons. The fraction of sp³-hybridized carbons (Fsp3) is 0.273. The highest BCUT2D eigenvalue weighted by atomic mass is 127. The first-order chi connectivity index (χ1) is 11.7. The number of rotatable bonds is 6. The lowest BCUT2D eigenvalue weighted by molar-refractivity contribution is 0.674. The number of hydrogen-bond donors (Lipinski definition) is 0. The minimum absolute atomic E-state index is 1.15. The van der Waals surface area contributed by atoms with Crippen LogP contribution in [0.1, 0.15) is 44.6 Å². The van der Waals surface area contributed by atoms with Crippen LogP contribution in [0.5, 0.6) is 0 Å². The van der Waals surface area contributed by atoms with Crippen LogP contribution in [0.4, 0.5) is 0 Å². The van der Waals surface area contributed by atoms with Gasteiger partial charge in [-0.3, -0.25) is 0 Å².